The number of nitrogens with zero attached hydrogens (tertiary/aromatic N) is 1. The third-order valence-electron chi connectivity index (χ3n) is 3.01. The van der Waals surface area contributed by atoms with Gasteiger partial charge in [0.1, 0.15) is 6.23 Å². The lowest BCUT2D eigenvalue weighted by atomic mass is 10.3. The van der Waals surface area contributed by atoms with E-state index in [-0.39, 0.29) is 12.1 Å². The number of ether oxygens (including phenoxy) is 2. The Kier molecular flexibility index (Phi) is 18.6. The minimum atomic E-state index is -0.245. The van der Waals surface area contributed by atoms with Crippen molar-refractivity contribution in [3.63, 3.8) is 0 Å². The molecule has 0 aromatic carbocycles. The average Bonchev–Trinajstić information content (AvgIpc) is 2.60. The van der Waals surface area contributed by atoms with Gasteiger partial charge in [-0.25, -0.2) is 0 Å². The van der Waals surface area contributed by atoms with E-state index in [0.29, 0.717) is 12.2 Å². The van der Waals surface area contributed by atoms with Gasteiger partial charge in [0.2, 0.25) is 5.91 Å². The monoisotopic (exact) mass is 343 g/mol. The molecule has 0 spiro atoms. The molecular weight excluding hydrogens is 306 g/mol. The molecule has 0 fully saturated rings. The molecule has 1 amide bonds. The summed E-state index contributed by atoms with van der Waals surface area (Å²) in [5.41, 5.74) is 0.606. The highest BCUT2D eigenvalue weighted by Gasteiger charge is 2.05. The Bertz CT molecular complexity index is 357. The van der Waals surface area contributed by atoms with Gasteiger partial charge in [-0.3, -0.25) is 4.79 Å². The van der Waals surface area contributed by atoms with Crippen molar-refractivity contribution < 1.29 is 14.3 Å². The van der Waals surface area contributed by atoms with Gasteiger partial charge in [0, 0.05) is 38.5 Å². The van der Waals surface area contributed by atoms with E-state index in [4.69, 9.17) is 9.47 Å². The van der Waals surface area contributed by atoms with Gasteiger partial charge in [-0.1, -0.05) is 19.9 Å². The summed E-state index contributed by atoms with van der Waals surface area (Å²) in [5, 5.41) is 5.66. The molecule has 1 atom stereocenters. The van der Waals surface area contributed by atoms with Gasteiger partial charge in [-0.15, -0.1) is 0 Å². The van der Waals surface area contributed by atoms with Gasteiger partial charge in [-0.2, -0.15) is 0 Å². The first-order valence-electron chi connectivity index (χ1n) is 8.70. The molecule has 2 N–H and O–H groups in total. The Labute approximate surface area is 148 Å². The number of allylic oxidation sites excluding steroid dienone is 1. The molecule has 0 aliphatic heterocycles. The highest BCUT2D eigenvalue weighted by atomic mass is 16.5. The van der Waals surface area contributed by atoms with Crippen molar-refractivity contribution in [1.29, 1.82) is 0 Å². The van der Waals surface area contributed by atoms with Gasteiger partial charge in [0.05, 0.1) is 13.2 Å². The van der Waals surface area contributed by atoms with Crippen LogP contribution in [0.15, 0.2) is 23.9 Å². The van der Waals surface area contributed by atoms with Crippen LogP contribution in [0.1, 0.15) is 34.6 Å². The molecule has 0 saturated heterocycles. The van der Waals surface area contributed by atoms with Crippen molar-refractivity contribution in [2.45, 2.75) is 40.8 Å². The highest BCUT2D eigenvalue weighted by molar-refractivity contribution is 5.92. The molecule has 0 saturated carbocycles. The fourth-order valence-electron chi connectivity index (χ4n) is 1.62. The van der Waals surface area contributed by atoms with Gasteiger partial charge in [0.15, 0.2) is 0 Å². The van der Waals surface area contributed by atoms with Crippen LogP contribution in [0.4, 0.5) is 0 Å². The minimum absolute atomic E-state index is 0.109. The molecule has 1 unspecified atom stereocenters. The number of nitrogens with one attached hydrogen (secondary N) is 2. The second-order valence-electron chi connectivity index (χ2n) is 4.89. The molecule has 0 aliphatic rings. The maximum Gasteiger partial charge on any atom is 0.248 e. The maximum atomic E-state index is 11.4. The van der Waals surface area contributed by atoms with Crippen molar-refractivity contribution in [2.75, 3.05) is 47.0 Å². The van der Waals surface area contributed by atoms with E-state index in [2.05, 4.69) is 15.5 Å². The maximum absolute atomic E-state index is 11.4. The summed E-state index contributed by atoms with van der Waals surface area (Å²) in [6.07, 6.45) is 5.25. The smallest absolute Gasteiger partial charge is 0.248 e. The summed E-state index contributed by atoms with van der Waals surface area (Å²) >= 11 is 0. The van der Waals surface area contributed by atoms with Gasteiger partial charge in [-0.05, 0) is 33.9 Å². The molecule has 0 heterocycles. The summed E-state index contributed by atoms with van der Waals surface area (Å²) in [6.45, 7) is 13.5. The Hall–Kier alpha value is -1.37. The zero-order chi connectivity index (χ0) is 18.8. The van der Waals surface area contributed by atoms with E-state index in [0.717, 1.165) is 26.3 Å². The van der Waals surface area contributed by atoms with Gasteiger partial charge >= 0.3 is 0 Å². The summed E-state index contributed by atoms with van der Waals surface area (Å²) in [5.74, 6) is -0.109. The summed E-state index contributed by atoms with van der Waals surface area (Å²) in [6, 6.07) is 0. The van der Waals surface area contributed by atoms with Crippen molar-refractivity contribution in [1.82, 2.24) is 15.5 Å². The molecule has 0 rings (SSSR count). The fourth-order valence-corrected chi connectivity index (χ4v) is 1.62. The van der Waals surface area contributed by atoms with Crippen molar-refractivity contribution in [3.05, 3.63) is 23.9 Å². The molecule has 6 heteroatoms. The largest absolute Gasteiger partial charge is 0.380 e. The number of carbonyl (C=O) groups excluding carboxylic acids is 1. The van der Waals surface area contributed by atoms with Crippen LogP contribution in [0, 0.1) is 0 Å². The van der Waals surface area contributed by atoms with Crippen LogP contribution >= 0.6 is 0 Å². The van der Waals surface area contributed by atoms with E-state index in [1.165, 1.54) is 0 Å². The summed E-state index contributed by atoms with van der Waals surface area (Å²) < 4.78 is 11.1. The zero-order valence-electron chi connectivity index (χ0n) is 16.5. The van der Waals surface area contributed by atoms with Gasteiger partial charge < -0.3 is 25.0 Å². The number of amides is 1. The van der Waals surface area contributed by atoms with Crippen LogP contribution in [0.5, 0.6) is 0 Å². The molecule has 142 valence electrons. The fraction of sp³-hybridized carbons (Fsp3) is 0.722. The lowest BCUT2D eigenvalue weighted by molar-refractivity contribution is -0.117. The van der Waals surface area contributed by atoms with E-state index in [1.54, 1.807) is 20.2 Å². The van der Waals surface area contributed by atoms with Crippen molar-refractivity contribution >= 4 is 5.91 Å². The minimum Gasteiger partial charge on any atom is -0.380 e. The molecule has 0 aliphatic carbocycles. The van der Waals surface area contributed by atoms with Crippen LogP contribution in [0.3, 0.4) is 0 Å². The third-order valence-corrected chi connectivity index (χ3v) is 3.01. The Morgan fingerprint density at radius 1 is 1.25 bits per heavy atom. The number of rotatable bonds is 12. The molecule has 24 heavy (non-hydrogen) atoms. The number of hydrogen-bond acceptors (Lipinski definition) is 5. The average molecular weight is 344 g/mol. The summed E-state index contributed by atoms with van der Waals surface area (Å²) in [7, 11) is 3.65. The van der Waals surface area contributed by atoms with Crippen molar-refractivity contribution in [3.8, 4) is 0 Å². The Morgan fingerprint density at radius 2 is 1.88 bits per heavy atom. The predicted octanol–water partition coefficient (Wildman–Crippen LogP) is 2.14. The number of hydrogen-bond donors (Lipinski definition) is 2. The molecule has 0 aromatic heterocycles. The van der Waals surface area contributed by atoms with Crippen LogP contribution in [-0.4, -0.2) is 64.0 Å². The van der Waals surface area contributed by atoms with Crippen LogP contribution in [-0.2, 0) is 14.3 Å². The quantitative estimate of drug-likeness (QED) is 0.246. The SMILES string of the molecule is C/C=C\C(N/C=C(\C)C(=O)NC)OCCN(C)CCOCC.CC. The van der Waals surface area contributed by atoms with Crippen LogP contribution in [0.25, 0.3) is 0 Å². The van der Waals surface area contributed by atoms with E-state index < -0.39 is 0 Å². The second kappa shape index (κ2) is 18.0. The van der Waals surface area contributed by atoms with E-state index in [9.17, 15) is 4.79 Å². The molecule has 0 bridgehead atoms. The lowest BCUT2D eigenvalue weighted by Gasteiger charge is -2.19. The molecule has 0 radical (unpaired) electrons. The molecular formula is C18H37N3O3. The third kappa shape index (κ3) is 14.2. The van der Waals surface area contributed by atoms with E-state index in [1.807, 2.05) is 46.9 Å². The van der Waals surface area contributed by atoms with Crippen molar-refractivity contribution in [2.24, 2.45) is 0 Å². The number of carbonyl (C=O) groups is 1. The van der Waals surface area contributed by atoms with E-state index >= 15 is 0 Å². The Balaban J connectivity index is 0. The second-order valence-corrected chi connectivity index (χ2v) is 4.89. The van der Waals surface area contributed by atoms with Gasteiger partial charge in [0.25, 0.3) is 0 Å². The van der Waals surface area contributed by atoms with Crippen LogP contribution < -0.4 is 10.6 Å². The zero-order valence-corrected chi connectivity index (χ0v) is 16.5. The highest BCUT2D eigenvalue weighted by Crippen LogP contribution is 1.96. The first-order chi connectivity index (χ1) is 11.5. The number of likely N-dealkylation sites (N-methyl/N-ethyl adjacent to an activating group) is 2. The lowest BCUT2D eigenvalue weighted by Crippen LogP contribution is -2.32. The Morgan fingerprint density at radius 3 is 2.42 bits per heavy atom. The predicted molar refractivity (Wildman–Crippen MR) is 101 cm³/mol. The standard InChI is InChI=1S/C16H31N3O3.C2H6/c1-6-8-15(18-13-14(3)16(20)17-4)22-12-10-19(5)9-11-21-7-2;1-2/h6,8,13,15,18H,7,9-12H2,1-5H3,(H,17,20);1-2H3/b8-6-,14-13+;. The first-order valence-corrected chi connectivity index (χ1v) is 8.70. The first kappa shape index (κ1) is 24.9. The molecule has 0 aromatic rings. The topological polar surface area (TPSA) is 62.8 Å². The normalized spacial score (nSPS) is 12.8. The summed E-state index contributed by atoms with van der Waals surface area (Å²) in [4.78, 5) is 13.6. The van der Waals surface area contributed by atoms with Crippen LogP contribution in [0.2, 0.25) is 0 Å². The molecule has 6 nitrogen and oxygen atoms in total.